The van der Waals surface area contributed by atoms with E-state index in [-0.39, 0.29) is 22.2 Å². The van der Waals surface area contributed by atoms with E-state index < -0.39 is 10.0 Å². The van der Waals surface area contributed by atoms with Crippen molar-refractivity contribution in [3.05, 3.63) is 35.9 Å². The van der Waals surface area contributed by atoms with Crippen molar-refractivity contribution in [2.45, 2.75) is 4.90 Å². The highest BCUT2D eigenvalue weighted by Gasteiger charge is 2.19. The predicted molar refractivity (Wildman–Crippen MR) is 61.2 cm³/mol. The van der Waals surface area contributed by atoms with Crippen LogP contribution in [0.5, 0.6) is 0 Å². The van der Waals surface area contributed by atoms with Crippen molar-refractivity contribution in [2.24, 2.45) is 0 Å². The van der Waals surface area contributed by atoms with Gasteiger partial charge in [0.15, 0.2) is 0 Å². The molecule has 0 unspecified atom stereocenters. The predicted octanol–water partition coefficient (Wildman–Crippen LogP) is 1.39. The van der Waals surface area contributed by atoms with E-state index in [1.807, 2.05) is 0 Å². The summed E-state index contributed by atoms with van der Waals surface area (Å²) in [5, 5.41) is 0.103. The van der Waals surface area contributed by atoms with Gasteiger partial charge in [-0.2, -0.15) is 0 Å². The minimum atomic E-state index is -3.66. The molecular weight excluding hydrogens is 236 g/mol. The van der Waals surface area contributed by atoms with Gasteiger partial charge in [-0.15, -0.1) is 6.58 Å². The molecule has 0 amide bonds. The van der Waals surface area contributed by atoms with E-state index in [2.05, 4.69) is 11.3 Å². The van der Waals surface area contributed by atoms with Crippen LogP contribution in [0.2, 0.25) is 5.02 Å². The third-order valence-corrected chi connectivity index (χ3v) is 3.65. The lowest BCUT2D eigenvalue weighted by molar-refractivity contribution is 0.586. The van der Waals surface area contributed by atoms with Gasteiger partial charge in [0.1, 0.15) is 4.90 Å². The fourth-order valence-electron chi connectivity index (χ4n) is 1.05. The molecule has 1 aromatic rings. The second-order valence-corrected chi connectivity index (χ2v) is 4.91. The maximum atomic E-state index is 11.7. The number of sulfonamides is 1. The summed E-state index contributed by atoms with van der Waals surface area (Å²) in [4.78, 5) is -0.0893. The van der Waals surface area contributed by atoms with Crippen LogP contribution in [0.15, 0.2) is 35.7 Å². The summed E-state index contributed by atoms with van der Waals surface area (Å²) >= 11 is 5.77. The standard InChI is InChI=1S/C9H11ClN2O2S/c1-2-6-12-15(13,14)9-7(10)4-3-5-8(9)11/h2-5,12H,1,6,11H2. The molecule has 82 valence electrons. The highest BCUT2D eigenvalue weighted by atomic mass is 35.5. The smallest absolute Gasteiger partial charge is 0.244 e. The van der Waals surface area contributed by atoms with Gasteiger partial charge in [0.2, 0.25) is 10.0 Å². The number of hydrogen-bond acceptors (Lipinski definition) is 3. The maximum Gasteiger partial charge on any atom is 0.244 e. The monoisotopic (exact) mass is 246 g/mol. The molecular formula is C9H11ClN2O2S. The molecule has 0 aromatic heterocycles. The lowest BCUT2D eigenvalue weighted by atomic mass is 10.3. The van der Waals surface area contributed by atoms with Crippen LogP contribution in [0.1, 0.15) is 0 Å². The summed E-state index contributed by atoms with van der Waals surface area (Å²) in [6.45, 7) is 3.54. The zero-order valence-corrected chi connectivity index (χ0v) is 9.48. The number of nitrogens with two attached hydrogens (primary N) is 1. The number of benzene rings is 1. The molecule has 0 atom stereocenters. The van der Waals surface area contributed by atoms with Crippen molar-refractivity contribution in [2.75, 3.05) is 12.3 Å². The largest absolute Gasteiger partial charge is 0.398 e. The molecule has 0 saturated heterocycles. The molecule has 0 saturated carbocycles. The molecule has 0 radical (unpaired) electrons. The van der Waals surface area contributed by atoms with E-state index in [9.17, 15) is 8.42 Å². The van der Waals surface area contributed by atoms with Crippen molar-refractivity contribution in [3.63, 3.8) is 0 Å². The number of rotatable bonds is 4. The van der Waals surface area contributed by atoms with Gasteiger partial charge in [0, 0.05) is 6.54 Å². The van der Waals surface area contributed by atoms with E-state index in [0.29, 0.717) is 0 Å². The number of hydrogen-bond donors (Lipinski definition) is 2. The summed E-state index contributed by atoms with van der Waals surface area (Å²) in [5.74, 6) is 0. The number of nitrogen functional groups attached to an aromatic ring is 1. The lowest BCUT2D eigenvalue weighted by Gasteiger charge is -2.08. The van der Waals surface area contributed by atoms with Crippen LogP contribution in [0, 0.1) is 0 Å². The molecule has 4 nitrogen and oxygen atoms in total. The second-order valence-electron chi connectivity index (χ2n) is 2.80. The van der Waals surface area contributed by atoms with Gasteiger partial charge >= 0.3 is 0 Å². The molecule has 1 aromatic carbocycles. The highest BCUT2D eigenvalue weighted by molar-refractivity contribution is 7.89. The first-order chi connectivity index (χ1) is 6.99. The molecule has 15 heavy (non-hydrogen) atoms. The van der Waals surface area contributed by atoms with Crippen LogP contribution >= 0.6 is 11.6 Å². The van der Waals surface area contributed by atoms with Gasteiger partial charge in [-0.05, 0) is 12.1 Å². The van der Waals surface area contributed by atoms with Gasteiger partial charge in [0.25, 0.3) is 0 Å². The van der Waals surface area contributed by atoms with Crippen molar-refractivity contribution in [3.8, 4) is 0 Å². The van der Waals surface area contributed by atoms with E-state index >= 15 is 0 Å². The fourth-order valence-corrected chi connectivity index (χ4v) is 2.72. The Morgan fingerprint density at radius 2 is 2.20 bits per heavy atom. The summed E-state index contributed by atoms with van der Waals surface area (Å²) in [7, 11) is -3.66. The summed E-state index contributed by atoms with van der Waals surface area (Å²) in [5.41, 5.74) is 5.67. The molecule has 0 bridgehead atoms. The summed E-state index contributed by atoms with van der Waals surface area (Å²) in [6.07, 6.45) is 1.44. The van der Waals surface area contributed by atoms with Gasteiger partial charge in [-0.25, -0.2) is 13.1 Å². The van der Waals surface area contributed by atoms with Crippen LogP contribution in [0.4, 0.5) is 5.69 Å². The molecule has 3 N–H and O–H groups in total. The van der Waals surface area contributed by atoms with Crippen LogP contribution in [-0.2, 0) is 10.0 Å². The van der Waals surface area contributed by atoms with Crippen molar-refractivity contribution in [1.82, 2.24) is 4.72 Å². The molecule has 1 rings (SSSR count). The number of halogens is 1. The van der Waals surface area contributed by atoms with E-state index in [0.717, 1.165) is 0 Å². The Kier molecular flexibility index (Phi) is 3.73. The van der Waals surface area contributed by atoms with Gasteiger partial charge in [-0.3, -0.25) is 0 Å². The third kappa shape index (κ3) is 2.71. The molecule has 0 fully saturated rings. The molecule has 6 heteroatoms. The van der Waals surface area contributed by atoms with Crippen LogP contribution < -0.4 is 10.5 Å². The first-order valence-corrected chi connectivity index (χ1v) is 5.99. The van der Waals surface area contributed by atoms with Crippen molar-refractivity contribution < 1.29 is 8.42 Å². The molecule has 0 aliphatic heterocycles. The first kappa shape index (κ1) is 12.0. The summed E-state index contributed by atoms with van der Waals surface area (Å²) in [6, 6.07) is 4.54. The van der Waals surface area contributed by atoms with E-state index in [1.165, 1.54) is 18.2 Å². The number of anilines is 1. The minimum absolute atomic E-state index is 0.0893. The quantitative estimate of drug-likeness (QED) is 0.623. The normalized spacial score (nSPS) is 11.3. The zero-order valence-electron chi connectivity index (χ0n) is 7.90. The Morgan fingerprint density at radius 1 is 1.53 bits per heavy atom. The maximum absolute atomic E-state index is 11.7. The average molecular weight is 247 g/mol. The van der Waals surface area contributed by atoms with Crippen LogP contribution in [0.3, 0.4) is 0 Å². The van der Waals surface area contributed by atoms with Crippen LogP contribution in [0.25, 0.3) is 0 Å². The van der Waals surface area contributed by atoms with Crippen molar-refractivity contribution in [1.29, 1.82) is 0 Å². The second kappa shape index (κ2) is 4.65. The van der Waals surface area contributed by atoms with Crippen molar-refractivity contribution >= 4 is 27.3 Å². The van der Waals surface area contributed by atoms with E-state index in [4.69, 9.17) is 17.3 Å². The Bertz CT molecular complexity index is 451. The Balaban J connectivity index is 3.21. The Morgan fingerprint density at radius 3 is 2.73 bits per heavy atom. The zero-order chi connectivity index (χ0) is 11.5. The SMILES string of the molecule is C=CCNS(=O)(=O)c1c(N)cccc1Cl. The number of nitrogens with one attached hydrogen (secondary N) is 1. The van der Waals surface area contributed by atoms with E-state index in [1.54, 1.807) is 6.07 Å². The Hall–Kier alpha value is -1.04. The minimum Gasteiger partial charge on any atom is -0.398 e. The Labute approximate surface area is 93.8 Å². The average Bonchev–Trinajstić information content (AvgIpc) is 2.14. The molecule has 0 heterocycles. The third-order valence-electron chi connectivity index (χ3n) is 1.68. The fraction of sp³-hybridized carbons (Fsp3) is 0.111. The summed E-state index contributed by atoms with van der Waals surface area (Å²) < 4.78 is 25.7. The first-order valence-electron chi connectivity index (χ1n) is 4.13. The molecule has 0 aliphatic rings. The molecule has 0 aliphatic carbocycles. The van der Waals surface area contributed by atoms with Gasteiger partial charge in [-0.1, -0.05) is 23.7 Å². The molecule has 0 spiro atoms. The topological polar surface area (TPSA) is 72.2 Å². The lowest BCUT2D eigenvalue weighted by Crippen LogP contribution is -2.24. The van der Waals surface area contributed by atoms with Crippen LogP contribution in [-0.4, -0.2) is 15.0 Å². The van der Waals surface area contributed by atoms with Gasteiger partial charge < -0.3 is 5.73 Å². The van der Waals surface area contributed by atoms with Gasteiger partial charge in [0.05, 0.1) is 10.7 Å². The highest BCUT2D eigenvalue weighted by Crippen LogP contribution is 2.26.